The summed E-state index contributed by atoms with van der Waals surface area (Å²) in [7, 11) is 1.65. The van der Waals surface area contributed by atoms with E-state index >= 15 is 0 Å². The number of hydrogen-bond donors (Lipinski definition) is 1. The molecule has 1 fully saturated rings. The third kappa shape index (κ3) is 6.02. The quantitative estimate of drug-likeness (QED) is 0.416. The number of aromatic hydroxyl groups is 1. The largest absolute Gasteiger partial charge is 0.507 e. The van der Waals surface area contributed by atoms with Crippen LogP contribution >= 0.6 is 0 Å². The Labute approximate surface area is 178 Å². The molecule has 0 aliphatic carbocycles. The lowest BCUT2D eigenvalue weighted by Gasteiger charge is -2.34. The number of benzene rings is 2. The van der Waals surface area contributed by atoms with E-state index in [1.54, 1.807) is 19.2 Å². The van der Waals surface area contributed by atoms with Gasteiger partial charge in [-0.15, -0.1) is 6.58 Å². The van der Waals surface area contributed by atoms with E-state index in [9.17, 15) is 9.90 Å². The van der Waals surface area contributed by atoms with Crippen molar-refractivity contribution >= 4 is 12.1 Å². The zero-order chi connectivity index (χ0) is 21.3. The summed E-state index contributed by atoms with van der Waals surface area (Å²) in [5.74, 6) is 0.112. The number of rotatable bonds is 8. The van der Waals surface area contributed by atoms with Gasteiger partial charge < -0.3 is 5.11 Å². The first-order valence-electron chi connectivity index (χ1n) is 10.3. The Morgan fingerprint density at radius 1 is 1.10 bits per heavy atom. The van der Waals surface area contributed by atoms with Crippen LogP contribution in [0.15, 0.2) is 66.3 Å². The minimum Gasteiger partial charge on any atom is -0.507 e. The van der Waals surface area contributed by atoms with Crippen molar-refractivity contribution in [2.45, 2.75) is 13.0 Å². The molecule has 1 saturated heterocycles. The molecule has 30 heavy (non-hydrogen) atoms. The standard InChI is InChI=1S/C24H30N4O2/c1-3-8-21-11-7-12-22(24(21)30)17-25-26(2)23(29)19-28-15-13-27(14-16-28)18-20-9-5-4-6-10-20/h3-7,9-12,17,30H,1,8,13-16,18-19H2,2H3/b25-17+. The van der Waals surface area contributed by atoms with Crippen LogP contribution in [0.3, 0.4) is 0 Å². The molecule has 0 radical (unpaired) electrons. The molecule has 3 rings (SSSR count). The number of allylic oxidation sites excluding steroid dienone is 1. The van der Waals surface area contributed by atoms with E-state index in [2.05, 4.69) is 45.7 Å². The number of amides is 1. The molecular formula is C24H30N4O2. The lowest BCUT2D eigenvalue weighted by atomic mass is 10.1. The highest BCUT2D eigenvalue weighted by Crippen LogP contribution is 2.21. The second-order valence-corrected chi connectivity index (χ2v) is 7.55. The number of para-hydroxylation sites is 1. The lowest BCUT2D eigenvalue weighted by molar-refractivity contribution is -0.131. The summed E-state index contributed by atoms with van der Waals surface area (Å²) in [6.07, 6.45) is 3.85. The molecule has 0 unspecified atom stereocenters. The number of phenols is 1. The van der Waals surface area contributed by atoms with Gasteiger partial charge in [-0.2, -0.15) is 5.10 Å². The van der Waals surface area contributed by atoms with Gasteiger partial charge in [-0.25, -0.2) is 5.01 Å². The first-order chi connectivity index (χ1) is 14.6. The molecule has 0 saturated carbocycles. The van der Waals surface area contributed by atoms with Gasteiger partial charge in [-0.1, -0.05) is 48.5 Å². The summed E-state index contributed by atoms with van der Waals surface area (Å²) in [4.78, 5) is 17.1. The van der Waals surface area contributed by atoms with E-state index in [0.29, 0.717) is 18.5 Å². The highest BCUT2D eigenvalue weighted by Gasteiger charge is 2.20. The summed E-state index contributed by atoms with van der Waals surface area (Å²) < 4.78 is 0. The summed E-state index contributed by atoms with van der Waals surface area (Å²) in [6.45, 7) is 8.60. The van der Waals surface area contributed by atoms with Gasteiger partial charge in [-0.05, 0) is 23.6 Å². The van der Waals surface area contributed by atoms with Gasteiger partial charge in [-0.3, -0.25) is 14.6 Å². The van der Waals surface area contributed by atoms with Gasteiger partial charge in [0.2, 0.25) is 0 Å². The van der Waals surface area contributed by atoms with Gasteiger partial charge in [0.05, 0.1) is 12.8 Å². The van der Waals surface area contributed by atoms with E-state index in [1.807, 2.05) is 18.2 Å². The zero-order valence-electron chi connectivity index (χ0n) is 17.6. The number of hydrogen-bond acceptors (Lipinski definition) is 5. The maximum atomic E-state index is 12.5. The first kappa shape index (κ1) is 21.7. The molecule has 1 heterocycles. The van der Waals surface area contributed by atoms with Crippen LogP contribution < -0.4 is 0 Å². The van der Waals surface area contributed by atoms with Crippen molar-refractivity contribution in [3.05, 3.63) is 77.9 Å². The third-order valence-corrected chi connectivity index (χ3v) is 5.32. The average molecular weight is 407 g/mol. The van der Waals surface area contributed by atoms with Crippen LogP contribution in [0.2, 0.25) is 0 Å². The predicted octanol–water partition coefficient (Wildman–Crippen LogP) is 2.73. The highest BCUT2D eigenvalue weighted by molar-refractivity contribution is 5.86. The molecule has 1 amide bonds. The van der Waals surface area contributed by atoms with Crippen molar-refractivity contribution in [3.8, 4) is 5.75 Å². The Balaban J connectivity index is 1.47. The second-order valence-electron chi connectivity index (χ2n) is 7.55. The summed E-state index contributed by atoms with van der Waals surface area (Å²) in [5.41, 5.74) is 2.69. The summed E-state index contributed by atoms with van der Waals surface area (Å²) in [5, 5.41) is 15.9. The van der Waals surface area contributed by atoms with Crippen LogP contribution in [-0.2, 0) is 17.8 Å². The predicted molar refractivity (Wildman–Crippen MR) is 121 cm³/mol. The second kappa shape index (κ2) is 10.7. The van der Waals surface area contributed by atoms with Crippen LogP contribution in [0, 0.1) is 0 Å². The van der Waals surface area contributed by atoms with Crippen LogP contribution in [0.1, 0.15) is 16.7 Å². The van der Waals surface area contributed by atoms with Crippen molar-refractivity contribution in [2.75, 3.05) is 39.8 Å². The maximum Gasteiger partial charge on any atom is 0.256 e. The van der Waals surface area contributed by atoms with E-state index in [1.165, 1.54) is 16.8 Å². The summed E-state index contributed by atoms with van der Waals surface area (Å²) >= 11 is 0. The molecule has 0 atom stereocenters. The van der Waals surface area contributed by atoms with Crippen molar-refractivity contribution in [2.24, 2.45) is 5.10 Å². The van der Waals surface area contributed by atoms with E-state index in [-0.39, 0.29) is 11.7 Å². The number of carbonyl (C=O) groups is 1. The fraction of sp³-hybridized carbons (Fsp3) is 0.333. The van der Waals surface area contributed by atoms with Gasteiger partial charge >= 0.3 is 0 Å². The SMILES string of the molecule is C=CCc1cccc(/C=N/N(C)C(=O)CN2CCN(Cc3ccccc3)CC2)c1O. The van der Waals surface area contributed by atoms with Crippen LogP contribution in [0.4, 0.5) is 0 Å². The van der Waals surface area contributed by atoms with E-state index in [0.717, 1.165) is 38.3 Å². The van der Waals surface area contributed by atoms with E-state index < -0.39 is 0 Å². The number of phenolic OH excluding ortho intramolecular Hbond substituents is 1. The van der Waals surface area contributed by atoms with Gasteiger partial charge in [0.25, 0.3) is 5.91 Å². The number of hydrazone groups is 1. The Kier molecular flexibility index (Phi) is 7.76. The molecule has 1 aliphatic rings. The van der Waals surface area contributed by atoms with Gasteiger partial charge in [0.15, 0.2) is 0 Å². The number of carbonyl (C=O) groups excluding carboxylic acids is 1. The number of nitrogens with zero attached hydrogens (tertiary/aromatic N) is 4. The van der Waals surface area contributed by atoms with Crippen molar-refractivity contribution < 1.29 is 9.90 Å². The highest BCUT2D eigenvalue weighted by atomic mass is 16.3. The fourth-order valence-electron chi connectivity index (χ4n) is 3.49. The topological polar surface area (TPSA) is 59.4 Å². The molecule has 158 valence electrons. The normalized spacial score (nSPS) is 15.4. The van der Waals surface area contributed by atoms with Crippen LogP contribution in [0.5, 0.6) is 5.75 Å². The van der Waals surface area contributed by atoms with Crippen LogP contribution in [-0.4, -0.2) is 71.8 Å². The van der Waals surface area contributed by atoms with Crippen LogP contribution in [0.25, 0.3) is 0 Å². The number of piperazine rings is 1. The minimum absolute atomic E-state index is 0.0653. The molecule has 2 aromatic rings. The first-order valence-corrected chi connectivity index (χ1v) is 10.3. The van der Waals surface area contributed by atoms with Gasteiger partial charge in [0.1, 0.15) is 5.75 Å². The molecule has 0 spiro atoms. The Morgan fingerprint density at radius 2 is 1.80 bits per heavy atom. The molecule has 2 aromatic carbocycles. The summed E-state index contributed by atoms with van der Waals surface area (Å²) in [6, 6.07) is 15.9. The maximum absolute atomic E-state index is 12.5. The van der Waals surface area contributed by atoms with E-state index in [4.69, 9.17) is 0 Å². The molecule has 0 bridgehead atoms. The Bertz CT molecular complexity index is 874. The zero-order valence-corrected chi connectivity index (χ0v) is 17.6. The molecular weight excluding hydrogens is 376 g/mol. The Morgan fingerprint density at radius 3 is 2.50 bits per heavy atom. The number of likely N-dealkylation sites (N-methyl/N-ethyl adjacent to an activating group) is 1. The van der Waals surface area contributed by atoms with Crippen molar-refractivity contribution in [3.63, 3.8) is 0 Å². The fourth-order valence-corrected chi connectivity index (χ4v) is 3.49. The van der Waals surface area contributed by atoms with Crippen molar-refractivity contribution in [1.29, 1.82) is 0 Å². The van der Waals surface area contributed by atoms with Crippen molar-refractivity contribution in [1.82, 2.24) is 14.8 Å². The average Bonchev–Trinajstić information content (AvgIpc) is 2.76. The Hall–Kier alpha value is -2.96. The minimum atomic E-state index is -0.0653. The molecule has 6 nitrogen and oxygen atoms in total. The smallest absolute Gasteiger partial charge is 0.256 e. The monoisotopic (exact) mass is 406 g/mol. The molecule has 6 heteroatoms. The lowest BCUT2D eigenvalue weighted by Crippen LogP contribution is -2.48. The third-order valence-electron chi connectivity index (χ3n) is 5.32. The molecule has 1 aliphatic heterocycles. The molecule has 1 N–H and O–H groups in total. The molecule has 0 aromatic heterocycles. The van der Waals surface area contributed by atoms with Gasteiger partial charge in [0, 0.05) is 45.3 Å².